The molecule has 0 spiro atoms. The number of aliphatic hydroxyl groups is 1. The minimum absolute atomic E-state index is 0.314. The first-order valence-electron chi connectivity index (χ1n) is 9.00. The van der Waals surface area contributed by atoms with Crippen molar-refractivity contribution in [3.8, 4) is 0 Å². The van der Waals surface area contributed by atoms with Gasteiger partial charge in [0.15, 0.2) is 6.29 Å². The molecule has 1 heterocycles. The van der Waals surface area contributed by atoms with E-state index in [1.165, 1.54) is 0 Å². The molecule has 0 bridgehead atoms. The standard InChI is InChI=1S/C21H26O5/c1-2-23-21-19(22)20(25-14-17-11-7-4-8-12-17)18(15-26-21)24-13-16-9-5-3-6-10-16/h3-12,18-22H,2,13-15H2,1H3/t18-,19-,20+,21-/m1/s1. The van der Waals surface area contributed by atoms with Gasteiger partial charge in [0.05, 0.1) is 19.8 Å². The van der Waals surface area contributed by atoms with Crippen LogP contribution in [0, 0.1) is 0 Å². The molecule has 1 aliphatic rings. The summed E-state index contributed by atoms with van der Waals surface area (Å²) in [5.74, 6) is 0. The molecule has 1 N–H and O–H groups in total. The zero-order valence-electron chi connectivity index (χ0n) is 15.0. The second kappa shape index (κ2) is 9.80. The van der Waals surface area contributed by atoms with Crippen LogP contribution < -0.4 is 0 Å². The van der Waals surface area contributed by atoms with Crippen LogP contribution in [0.3, 0.4) is 0 Å². The molecule has 0 radical (unpaired) electrons. The highest BCUT2D eigenvalue weighted by atomic mass is 16.7. The van der Waals surface area contributed by atoms with Gasteiger partial charge in [0.25, 0.3) is 0 Å². The largest absolute Gasteiger partial charge is 0.385 e. The molecule has 1 aliphatic heterocycles. The molecule has 0 saturated carbocycles. The van der Waals surface area contributed by atoms with Crippen LogP contribution in [0.5, 0.6) is 0 Å². The highest BCUT2D eigenvalue weighted by Crippen LogP contribution is 2.24. The highest BCUT2D eigenvalue weighted by molar-refractivity contribution is 5.14. The lowest BCUT2D eigenvalue weighted by molar-refractivity contribution is -0.286. The van der Waals surface area contributed by atoms with Crippen molar-refractivity contribution >= 4 is 0 Å². The third-order valence-corrected chi connectivity index (χ3v) is 4.33. The molecule has 5 heteroatoms. The summed E-state index contributed by atoms with van der Waals surface area (Å²) in [5.41, 5.74) is 2.11. The second-order valence-electron chi connectivity index (χ2n) is 6.24. The maximum absolute atomic E-state index is 10.7. The van der Waals surface area contributed by atoms with E-state index in [4.69, 9.17) is 18.9 Å². The van der Waals surface area contributed by atoms with E-state index in [0.717, 1.165) is 11.1 Å². The fraction of sp³-hybridized carbons (Fsp3) is 0.429. The lowest BCUT2D eigenvalue weighted by Crippen LogP contribution is -2.55. The molecule has 2 aromatic rings. The van der Waals surface area contributed by atoms with Gasteiger partial charge in [-0.3, -0.25) is 0 Å². The first kappa shape index (κ1) is 19.0. The molecule has 2 aromatic carbocycles. The van der Waals surface area contributed by atoms with Gasteiger partial charge in [-0.25, -0.2) is 0 Å². The van der Waals surface area contributed by atoms with E-state index in [1.54, 1.807) is 0 Å². The molecule has 1 fully saturated rings. The van der Waals surface area contributed by atoms with E-state index in [9.17, 15) is 5.11 Å². The monoisotopic (exact) mass is 358 g/mol. The summed E-state index contributed by atoms with van der Waals surface area (Å²) in [6.45, 7) is 3.48. The number of rotatable bonds is 8. The summed E-state index contributed by atoms with van der Waals surface area (Å²) in [5, 5.41) is 10.7. The third kappa shape index (κ3) is 5.13. The van der Waals surface area contributed by atoms with Crippen LogP contribution in [-0.4, -0.2) is 42.9 Å². The van der Waals surface area contributed by atoms with E-state index in [1.807, 2.05) is 67.6 Å². The van der Waals surface area contributed by atoms with E-state index in [0.29, 0.717) is 26.4 Å². The van der Waals surface area contributed by atoms with Crippen LogP contribution in [0.15, 0.2) is 60.7 Å². The van der Waals surface area contributed by atoms with Crippen molar-refractivity contribution in [2.75, 3.05) is 13.2 Å². The van der Waals surface area contributed by atoms with E-state index >= 15 is 0 Å². The Morgan fingerprint density at radius 3 is 2.04 bits per heavy atom. The van der Waals surface area contributed by atoms with Gasteiger partial charge in [-0.05, 0) is 18.1 Å². The molecule has 140 valence electrons. The van der Waals surface area contributed by atoms with Gasteiger partial charge < -0.3 is 24.1 Å². The topological polar surface area (TPSA) is 57.2 Å². The van der Waals surface area contributed by atoms with Crippen molar-refractivity contribution in [3.05, 3.63) is 71.8 Å². The third-order valence-electron chi connectivity index (χ3n) is 4.33. The molecule has 4 atom stereocenters. The van der Waals surface area contributed by atoms with Crippen LogP contribution >= 0.6 is 0 Å². The van der Waals surface area contributed by atoms with Crippen molar-refractivity contribution in [2.45, 2.75) is 44.7 Å². The minimum Gasteiger partial charge on any atom is -0.385 e. The summed E-state index contributed by atoms with van der Waals surface area (Å²) in [7, 11) is 0. The average Bonchev–Trinajstić information content (AvgIpc) is 2.69. The average molecular weight is 358 g/mol. The zero-order valence-corrected chi connectivity index (χ0v) is 15.0. The number of hydrogen-bond acceptors (Lipinski definition) is 5. The number of hydrogen-bond donors (Lipinski definition) is 1. The summed E-state index contributed by atoms with van der Waals surface area (Å²) >= 11 is 0. The van der Waals surface area contributed by atoms with E-state index in [-0.39, 0.29) is 6.10 Å². The number of benzene rings is 2. The van der Waals surface area contributed by atoms with Crippen LogP contribution in [0.2, 0.25) is 0 Å². The lowest BCUT2D eigenvalue weighted by Gasteiger charge is -2.39. The quantitative estimate of drug-likeness (QED) is 0.786. The van der Waals surface area contributed by atoms with Crippen molar-refractivity contribution in [1.82, 2.24) is 0 Å². The van der Waals surface area contributed by atoms with E-state index in [2.05, 4.69) is 0 Å². The van der Waals surface area contributed by atoms with Crippen molar-refractivity contribution < 1.29 is 24.1 Å². The van der Waals surface area contributed by atoms with Gasteiger partial charge >= 0.3 is 0 Å². The second-order valence-corrected chi connectivity index (χ2v) is 6.24. The molecule has 0 amide bonds. The predicted molar refractivity (Wildman–Crippen MR) is 97.4 cm³/mol. The van der Waals surface area contributed by atoms with Crippen molar-refractivity contribution in [1.29, 1.82) is 0 Å². The Morgan fingerprint density at radius 1 is 0.885 bits per heavy atom. The summed E-state index contributed by atoms with van der Waals surface area (Å²) in [6, 6.07) is 19.8. The van der Waals surface area contributed by atoms with Gasteiger partial charge in [0.2, 0.25) is 0 Å². The lowest BCUT2D eigenvalue weighted by atomic mass is 10.0. The first-order valence-corrected chi connectivity index (χ1v) is 9.00. The summed E-state index contributed by atoms with van der Waals surface area (Å²) in [4.78, 5) is 0. The normalized spacial score (nSPS) is 25.9. The molecule has 1 saturated heterocycles. The Morgan fingerprint density at radius 2 is 1.46 bits per heavy atom. The fourth-order valence-electron chi connectivity index (χ4n) is 2.96. The van der Waals surface area contributed by atoms with Gasteiger partial charge in [0, 0.05) is 6.61 Å². The highest BCUT2D eigenvalue weighted by Gasteiger charge is 2.41. The maximum Gasteiger partial charge on any atom is 0.186 e. The van der Waals surface area contributed by atoms with Crippen LogP contribution in [0.4, 0.5) is 0 Å². The van der Waals surface area contributed by atoms with E-state index < -0.39 is 18.5 Å². The maximum atomic E-state index is 10.7. The molecule has 0 aromatic heterocycles. The van der Waals surface area contributed by atoms with Gasteiger partial charge in [-0.1, -0.05) is 60.7 Å². The number of ether oxygens (including phenoxy) is 4. The fourth-order valence-corrected chi connectivity index (χ4v) is 2.96. The molecular weight excluding hydrogens is 332 g/mol. The smallest absolute Gasteiger partial charge is 0.186 e. The van der Waals surface area contributed by atoms with Crippen LogP contribution in [0.25, 0.3) is 0 Å². The molecule has 26 heavy (non-hydrogen) atoms. The molecule has 0 aliphatic carbocycles. The Kier molecular flexibility index (Phi) is 7.17. The summed E-state index contributed by atoms with van der Waals surface area (Å²) in [6.07, 6.45) is -2.50. The molecule has 5 nitrogen and oxygen atoms in total. The van der Waals surface area contributed by atoms with Crippen LogP contribution in [-0.2, 0) is 32.2 Å². The zero-order chi connectivity index (χ0) is 18.2. The Balaban J connectivity index is 1.64. The van der Waals surface area contributed by atoms with Gasteiger partial charge in [0.1, 0.15) is 18.3 Å². The predicted octanol–water partition coefficient (Wildman–Crippen LogP) is 2.91. The SMILES string of the molecule is CCO[C@@H]1OC[C@@H](OCc2ccccc2)[C@H](OCc2ccccc2)[C@H]1O. The molecular formula is C21H26O5. The summed E-state index contributed by atoms with van der Waals surface area (Å²) < 4.78 is 23.1. The molecule has 3 rings (SSSR count). The van der Waals surface area contributed by atoms with Crippen molar-refractivity contribution in [3.63, 3.8) is 0 Å². The van der Waals surface area contributed by atoms with Crippen molar-refractivity contribution in [2.24, 2.45) is 0 Å². The number of aliphatic hydroxyl groups excluding tert-OH is 1. The van der Waals surface area contributed by atoms with Gasteiger partial charge in [-0.2, -0.15) is 0 Å². The first-order chi connectivity index (χ1) is 12.8. The minimum atomic E-state index is -0.909. The Hall–Kier alpha value is -1.76. The van der Waals surface area contributed by atoms with Gasteiger partial charge in [-0.15, -0.1) is 0 Å². The van der Waals surface area contributed by atoms with Crippen LogP contribution in [0.1, 0.15) is 18.1 Å². The Labute approximate surface area is 154 Å². The molecule has 0 unspecified atom stereocenters. The Bertz CT molecular complexity index is 633.